The molecule has 0 heterocycles. The Morgan fingerprint density at radius 3 is 1.37 bits per heavy atom. The molecule has 0 bridgehead atoms. The van der Waals surface area contributed by atoms with Gasteiger partial charge >= 0.3 is 43.7 Å². The van der Waals surface area contributed by atoms with Crippen LogP contribution < -0.4 is 11.5 Å². The molecule has 1 atom stereocenters. The number of carboxylic acid groups (broad SMARTS) is 1. The van der Waals surface area contributed by atoms with Gasteiger partial charge in [-0.25, -0.2) is 0 Å². The fourth-order valence-electron chi connectivity index (χ4n) is 3.40. The van der Waals surface area contributed by atoms with Crippen molar-refractivity contribution in [3.8, 4) is 0 Å². The van der Waals surface area contributed by atoms with Crippen LogP contribution in [0.4, 0.5) is 0 Å². The Labute approximate surface area is 218 Å². The summed E-state index contributed by atoms with van der Waals surface area (Å²) in [4.78, 5) is 10.7. The standard InChI is InChI=1S/C20H40O2.C5H14N2.Ca.2H/c1-3-5-6-7-8-9-10-11-12-13-14-15-16-17-19(4-2)18-20(21)22;1-3-5(6,7)4-2;;;/h19H,3-18H2,1-2H3,(H,21,22);3-4,6-7H2,1-2H3;;;. The quantitative estimate of drug-likeness (QED) is 0.118. The van der Waals surface area contributed by atoms with Crippen LogP contribution in [0.5, 0.6) is 0 Å². The molecule has 0 aromatic carbocycles. The Balaban J connectivity index is -0.000000779. The molecule has 1 unspecified atom stereocenters. The summed E-state index contributed by atoms with van der Waals surface area (Å²) >= 11 is 0. The van der Waals surface area contributed by atoms with Gasteiger partial charge in [0.15, 0.2) is 0 Å². The summed E-state index contributed by atoms with van der Waals surface area (Å²) in [6.07, 6.45) is 22.0. The van der Waals surface area contributed by atoms with Crippen LogP contribution in [0.15, 0.2) is 0 Å². The molecule has 0 saturated carbocycles. The van der Waals surface area contributed by atoms with E-state index in [4.69, 9.17) is 16.6 Å². The topological polar surface area (TPSA) is 89.3 Å². The fraction of sp³-hybridized carbons (Fsp3) is 0.960. The summed E-state index contributed by atoms with van der Waals surface area (Å²) in [6.45, 7) is 8.36. The van der Waals surface area contributed by atoms with Gasteiger partial charge in [-0.1, -0.05) is 118 Å². The first-order valence-electron chi connectivity index (χ1n) is 12.6. The van der Waals surface area contributed by atoms with Crippen molar-refractivity contribution in [3.05, 3.63) is 0 Å². The Morgan fingerprint density at radius 1 is 0.733 bits per heavy atom. The normalized spacial score (nSPS) is 11.9. The number of aliphatic carboxylic acids is 1. The SMILES string of the molecule is CCC(N)(N)CC.CCCCCCCCCCCCCCCC(CC)CC(=O)O.[CaH2]. The van der Waals surface area contributed by atoms with Crippen molar-refractivity contribution in [1.82, 2.24) is 0 Å². The Hall–Kier alpha value is 0.650. The van der Waals surface area contributed by atoms with Crippen molar-refractivity contribution in [2.24, 2.45) is 17.4 Å². The van der Waals surface area contributed by atoms with E-state index in [1.165, 1.54) is 83.5 Å². The van der Waals surface area contributed by atoms with Crippen molar-refractivity contribution in [2.75, 3.05) is 0 Å². The van der Waals surface area contributed by atoms with Crippen LogP contribution in [0.1, 0.15) is 143 Å². The average molecular weight is 457 g/mol. The minimum atomic E-state index is -0.637. The first-order valence-corrected chi connectivity index (χ1v) is 12.6. The van der Waals surface area contributed by atoms with Crippen molar-refractivity contribution < 1.29 is 9.90 Å². The van der Waals surface area contributed by atoms with E-state index in [-0.39, 0.29) is 37.7 Å². The molecule has 0 aromatic rings. The molecular formula is C25H56CaN2O2. The fourth-order valence-corrected chi connectivity index (χ4v) is 3.40. The molecule has 0 saturated heterocycles. The summed E-state index contributed by atoms with van der Waals surface area (Å²) in [5, 5.41) is 8.82. The molecule has 180 valence electrons. The van der Waals surface area contributed by atoms with Crippen LogP contribution in [0, 0.1) is 5.92 Å². The maximum atomic E-state index is 10.7. The molecular weight excluding hydrogens is 400 g/mol. The summed E-state index contributed by atoms with van der Waals surface area (Å²) in [5.41, 5.74) is 10.6. The van der Waals surface area contributed by atoms with Gasteiger partial charge in [0.1, 0.15) is 0 Å². The van der Waals surface area contributed by atoms with Gasteiger partial charge in [0.2, 0.25) is 0 Å². The van der Waals surface area contributed by atoms with Gasteiger partial charge < -0.3 is 16.6 Å². The molecule has 0 fully saturated rings. The molecule has 0 radical (unpaired) electrons. The van der Waals surface area contributed by atoms with E-state index in [2.05, 4.69) is 13.8 Å². The van der Waals surface area contributed by atoms with E-state index in [0.717, 1.165) is 25.7 Å². The molecule has 0 rings (SSSR count). The Kier molecular flexibility index (Phi) is 30.4. The van der Waals surface area contributed by atoms with Gasteiger partial charge in [0.05, 0.1) is 5.66 Å². The van der Waals surface area contributed by atoms with Gasteiger partial charge in [-0.05, 0) is 25.2 Å². The predicted molar refractivity (Wildman–Crippen MR) is 137 cm³/mol. The van der Waals surface area contributed by atoms with Crippen molar-refractivity contribution in [3.63, 3.8) is 0 Å². The first kappa shape index (κ1) is 35.2. The Morgan fingerprint density at radius 2 is 1.10 bits per heavy atom. The van der Waals surface area contributed by atoms with Crippen LogP contribution in [0.3, 0.4) is 0 Å². The molecule has 0 aliphatic rings. The zero-order chi connectivity index (χ0) is 22.4. The third kappa shape index (κ3) is 28.6. The van der Waals surface area contributed by atoms with E-state index in [9.17, 15) is 4.79 Å². The molecule has 0 spiro atoms. The predicted octanol–water partition coefficient (Wildman–Crippen LogP) is 6.47. The van der Waals surface area contributed by atoms with Crippen molar-refractivity contribution in [2.45, 2.75) is 149 Å². The van der Waals surface area contributed by atoms with Crippen LogP contribution in [-0.2, 0) is 4.79 Å². The number of hydrogen-bond donors (Lipinski definition) is 3. The molecule has 4 nitrogen and oxygen atoms in total. The van der Waals surface area contributed by atoms with E-state index < -0.39 is 11.6 Å². The Bertz CT molecular complexity index is 346. The van der Waals surface area contributed by atoms with Gasteiger partial charge in [-0.2, -0.15) is 0 Å². The third-order valence-corrected chi connectivity index (χ3v) is 6.07. The minimum absolute atomic E-state index is 0. The third-order valence-electron chi connectivity index (χ3n) is 6.07. The molecule has 5 N–H and O–H groups in total. The van der Waals surface area contributed by atoms with E-state index in [1.807, 2.05) is 13.8 Å². The van der Waals surface area contributed by atoms with Crippen LogP contribution in [0.2, 0.25) is 0 Å². The molecule has 0 aliphatic heterocycles. The van der Waals surface area contributed by atoms with Crippen LogP contribution in [-0.4, -0.2) is 54.5 Å². The van der Waals surface area contributed by atoms with Crippen molar-refractivity contribution >= 4 is 43.7 Å². The second kappa shape index (κ2) is 25.9. The summed E-state index contributed by atoms with van der Waals surface area (Å²) in [5.74, 6) is -0.244. The average Bonchev–Trinajstić information content (AvgIpc) is 2.70. The molecule has 0 aromatic heterocycles. The number of unbranched alkanes of at least 4 members (excludes halogenated alkanes) is 12. The molecule has 5 heteroatoms. The summed E-state index contributed by atoms with van der Waals surface area (Å²) < 4.78 is 0. The number of nitrogens with two attached hydrogens (primary N) is 2. The number of carboxylic acids is 1. The number of hydrogen-bond acceptors (Lipinski definition) is 3. The van der Waals surface area contributed by atoms with E-state index in [1.54, 1.807) is 0 Å². The molecule has 0 amide bonds. The molecule has 30 heavy (non-hydrogen) atoms. The van der Waals surface area contributed by atoms with Crippen LogP contribution >= 0.6 is 0 Å². The van der Waals surface area contributed by atoms with E-state index >= 15 is 0 Å². The summed E-state index contributed by atoms with van der Waals surface area (Å²) in [6, 6.07) is 0. The van der Waals surface area contributed by atoms with Gasteiger partial charge in [0, 0.05) is 6.42 Å². The van der Waals surface area contributed by atoms with Crippen molar-refractivity contribution in [1.29, 1.82) is 0 Å². The molecule has 0 aliphatic carbocycles. The second-order valence-corrected chi connectivity index (χ2v) is 8.84. The first-order chi connectivity index (χ1) is 13.8. The van der Waals surface area contributed by atoms with Crippen LogP contribution in [0.25, 0.3) is 0 Å². The summed E-state index contributed by atoms with van der Waals surface area (Å²) in [7, 11) is 0. The van der Waals surface area contributed by atoms with Gasteiger partial charge in [-0.15, -0.1) is 0 Å². The van der Waals surface area contributed by atoms with Gasteiger partial charge in [0.25, 0.3) is 0 Å². The van der Waals surface area contributed by atoms with E-state index in [0.29, 0.717) is 12.3 Å². The number of rotatable bonds is 19. The maximum absolute atomic E-state index is 10.7. The zero-order valence-electron chi connectivity index (χ0n) is 20.3. The van der Waals surface area contributed by atoms with Gasteiger partial charge in [-0.3, -0.25) is 4.79 Å². The number of carbonyl (C=O) groups is 1. The second-order valence-electron chi connectivity index (χ2n) is 8.84. The zero-order valence-corrected chi connectivity index (χ0v) is 20.3. The monoisotopic (exact) mass is 456 g/mol.